The molecule has 176 valence electrons. The number of halogens is 1. The van der Waals surface area contributed by atoms with Crippen molar-refractivity contribution in [2.75, 3.05) is 37.7 Å². The number of carbonyl (C=O) groups is 2. The number of hydrogen-bond donors (Lipinski definition) is 2. The van der Waals surface area contributed by atoms with Crippen LogP contribution in [0.2, 0.25) is 0 Å². The van der Waals surface area contributed by atoms with Gasteiger partial charge in [-0.05, 0) is 48.6 Å². The Morgan fingerprint density at radius 3 is 2.36 bits per heavy atom. The zero-order valence-corrected chi connectivity index (χ0v) is 20.9. The zero-order chi connectivity index (χ0) is 24.0. The molecule has 1 saturated heterocycles. The number of hydrogen-bond acceptors (Lipinski definition) is 5. The van der Waals surface area contributed by atoms with Gasteiger partial charge in [-0.2, -0.15) is 0 Å². The molecule has 1 aliphatic rings. The fraction of sp³-hybridized carbons (Fsp3) is 0.400. The molecule has 1 aliphatic heterocycles. The highest BCUT2D eigenvalue weighted by molar-refractivity contribution is 9.10. The lowest BCUT2D eigenvalue weighted by Gasteiger charge is -2.35. The smallest absolute Gasteiger partial charge is 0.227 e. The van der Waals surface area contributed by atoms with Gasteiger partial charge < -0.3 is 4.90 Å². The van der Waals surface area contributed by atoms with Crippen LogP contribution in [0.4, 0.5) is 5.69 Å². The number of carbonyl (C=O) groups excluding carboxylic acids is 2. The number of nitrogens with one attached hydrogen (secondary N) is 1. The van der Waals surface area contributed by atoms with E-state index in [4.69, 9.17) is 11.3 Å². The molecule has 0 bridgehead atoms. The first-order valence-electron chi connectivity index (χ1n) is 11.3. The van der Waals surface area contributed by atoms with Crippen molar-refractivity contribution >= 4 is 39.6 Å². The summed E-state index contributed by atoms with van der Waals surface area (Å²) in [6.45, 7) is 7.78. The molecule has 1 amide bonds. The Hall–Kier alpha value is -2.55. The third-order valence-electron chi connectivity index (χ3n) is 6.21. The summed E-state index contributed by atoms with van der Waals surface area (Å²) in [6.07, 6.45) is 3.13. The van der Waals surface area contributed by atoms with Crippen LogP contribution in [-0.4, -0.2) is 60.6 Å². The highest BCUT2D eigenvalue weighted by Gasteiger charge is 2.21. The van der Waals surface area contributed by atoms with Gasteiger partial charge >= 0.3 is 0 Å². The van der Waals surface area contributed by atoms with E-state index in [9.17, 15) is 9.59 Å². The molecule has 7 nitrogen and oxygen atoms in total. The summed E-state index contributed by atoms with van der Waals surface area (Å²) >= 11 is 3.72. The third kappa shape index (κ3) is 6.28. The molecule has 0 unspecified atom stereocenters. The SMILES string of the molecule is CCc1c(C(C)=O)ccc(CCN2CCN(C(=O)Cc3ccc(N(N)C=N)cc3)CC2)c1Br. The van der Waals surface area contributed by atoms with Gasteiger partial charge in [0.05, 0.1) is 12.1 Å². The lowest BCUT2D eigenvalue weighted by molar-refractivity contribution is -0.132. The molecule has 3 rings (SSSR count). The van der Waals surface area contributed by atoms with E-state index in [1.165, 1.54) is 10.6 Å². The summed E-state index contributed by atoms with van der Waals surface area (Å²) in [5.41, 5.74) is 4.75. The van der Waals surface area contributed by atoms with Crippen LogP contribution >= 0.6 is 15.9 Å². The molecule has 0 atom stereocenters. The molecule has 2 aromatic carbocycles. The molecule has 33 heavy (non-hydrogen) atoms. The summed E-state index contributed by atoms with van der Waals surface area (Å²) in [4.78, 5) is 28.9. The van der Waals surface area contributed by atoms with Gasteiger partial charge in [0.15, 0.2) is 5.78 Å². The average molecular weight is 514 g/mol. The van der Waals surface area contributed by atoms with Gasteiger partial charge in [-0.15, -0.1) is 0 Å². The monoisotopic (exact) mass is 513 g/mol. The second-order valence-electron chi connectivity index (χ2n) is 8.33. The Bertz CT molecular complexity index is 1000. The lowest BCUT2D eigenvalue weighted by Crippen LogP contribution is -2.49. The number of nitrogens with two attached hydrogens (primary N) is 1. The summed E-state index contributed by atoms with van der Waals surface area (Å²) in [6, 6.07) is 11.4. The topological polar surface area (TPSA) is 93.7 Å². The Kier molecular flexibility index (Phi) is 8.77. The van der Waals surface area contributed by atoms with E-state index in [-0.39, 0.29) is 11.7 Å². The molecule has 0 saturated carbocycles. The fourth-order valence-corrected chi connectivity index (χ4v) is 5.01. The van der Waals surface area contributed by atoms with Crippen molar-refractivity contribution in [1.82, 2.24) is 9.80 Å². The minimum absolute atomic E-state index is 0.101. The van der Waals surface area contributed by atoms with Crippen LogP contribution in [0.15, 0.2) is 40.9 Å². The molecule has 1 heterocycles. The van der Waals surface area contributed by atoms with Gasteiger partial charge in [0.2, 0.25) is 5.91 Å². The molecule has 0 spiro atoms. The number of ketones is 1. The van der Waals surface area contributed by atoms with Gasteiger partial charge in [0, 0.05) is 42.8 Å². The largest absolute Gasteiger partial charge is 0.340 e. The van der Waals surface area contributed by atoms with E-state index < -0.39 is 0 Å². The second-order valence-corrected chi connectivity index (χ2v) is 9.12. The van der Waals surface area contributed by atoms with Crippen molar-refractivity contribution < 1.29 is 9.59 Å². The molecule has 3 N–H and O–H groups in total. The molecule has 2 aromatic rings. The summed E-state index contributed by atoms with van der Waals surface area (Å²) in [5, 5.41) is 8.42. The van der Waals surface area contributed by atoms with Crippen molar-refractivity contribution in [2.45, 2.75) is 33.1 Å². The van der Waals surface area contributed by atoms with Crippen LogP contribution in [0.1, 0.15) is 40.9 Å². The number of anilines is 1. The number of nitrogens with zero attached hydrogens (tertiary/aromatic N) is 3. The van der Waals surface area contributed by atoms with Gasteiger partial charge in [-0.25, -0.2) is 5.84 Å². The number of benzene rings is 2. The van der Waals surface area contributed by atoms with E-state index in [1.54, 1.807) is 6.92 Å². The molecule has 1 fully saturated rings. The van der Waals surface area contributed by atoms with Crippen molar-refractivity contribution in [3.63, 3.8) is 0 Å². The lowest BCUT2D eigenvalue weighted by atomic mass is 9.98. The standard InChI is InChI=1S/C25H32BrN5O2/c1-3-22-23(18(2)32)9-6-20(25(22)26)10-11-29-12-14-30(15-13-29)24(33)16-19-4-7-21(8-5-19)31(28)17-27/h4-9,17,27H,3,10-16,28H2,1-2H3. The summed E-state index contributed by atoms with van der Waals surface area (Å²) in [7, 11) is 0. The van der Waals surface area contributed by atoms with Crippen molar-refractivity contribution in [3.8, 4) is 0 Å². The summed E-state index contributed by atoms with van der Waals surface area (Å²) < 4.78 is 1.05. The molecular weight excluding hydrogens is 482 g/mol. The van der Waals surface area contributed by atoms with Crippen LogP contribution < -0.4 is 10.9 Å². The van der Waals surface area contributed by atoms with Crippen LogP contribution in [0.3, 0.4) is 0 Å². The summed E-state index contributed by atoms with van der Waals surface area (Å²) in [5.74, 6) is 5.91. The highest BCUT2D eigenvalue weighted by Crippen LogP contribution is 2.27. The molecule has 0 aliphatic carbocycles. The van der Waals surface area contributed by atoms with Gasteiger partial charge in [-0.3, -0.25) is 24.9 Å². The molecule has 0 radical (unpaired) electrons. The number of rotatable bonds is 9. The Morgan fingerprint density at radius 2 is 1.79 bits per heavy atom. The maximum Gasteiger partial charge on any atom is 0.227 e. The molecular formula is C25H32BrN5O2. The number of hydrazine groups is 1. The van der Waals surface area contributed by atoms with E-state index >= 15 is 0 Å². The average Bonchev–Trinajstić information content (AvgIpc) is 2.83. The quantitative estimate of drug-likeness (QED) is 0.176. The van der Waals surface area contributed by atoms with E-state index in [0.29, 0.717) is 12.1 Å². The Labute approximate surface area is 204 Å². The van der Waals surface area contributed by atoms with Crippen molar-refractivity contribution in [2.24, 2.45) is 5.84 Å². The van der Waals surface area contributed by atoms with Crippen LogP contribution in [0.25, 0.3) is 0 Å². The number of piperazine rings is 1. The third-order valence-corrected chi connectivity index (χ3v) is 7.20. The fourth-order valence-electron chi connectivity index (χ4n) is 4.18. The van der Waals surface area contributed by atoms with Crippen LogP contribution in [-0.2, 0) is 24.1 Å². The number of amides is 1. The maximum atomic E-state index is 12.7. The second kappa shape index (κ2) is 11.5. The van der Waals surface area contributed by atoms with E-state index in [1.807, 2.05) is 35.2 Å². The first-order valence-corrected chi connectivity index (χ1v) is 12.1. The molecule has 0 aromatic heterocycles. The zero-order valence-electron chi connectivity index (χ0n) is 19.3. The predicted molar refractivity (Wildman–Crippen MR) is 136 cm³/mol. The van der Waals surface area contributed by atoms with E-state index in [0.717, 1.165) is 73.1 Å². The minimum Gasteiger partial charge on any atom is -0.340 e. The normalized spacial score (nSPS) is 14.2. The first kappa shape index (κ1) is 25.1. The minimum atomic E-state index is 0.101. The van der Waals surface area contributed by atoms with Crippen molar-refractivity contribution in [1.29, 1.82) is 5.41 Å². The number of Topliss-reactive ketones (excluding diaryl/α,β-unsaturated/α-hetero) is 1. The highest BCUT2D eigenvalue weighted by atomic mass is 79.9. The predicted octanol–water partition coefficient (Wildman–Crippen LogP) is 3.43. The maximum absolute atomic E-state index is 12.7. The van der Waals surface area contributed by atoms with Crippen LogP contribution in [0, 0.1) is 5.41 Å². The van der Waals surface area contributed by atoms with Gasteiger partial charge in [0.25, 0.3) is 0 Å². The van der Waals surface area contributed by atoms with E-state index in [2.05, 4.69) is 33.8 Å². The van der Waals surface area contributed by atoms with Crippen LogP contribution in [0.5, 0.6) is 0 Å². The van der Waals surface area contributed by atoms with Gasteiger partial charge in [0.1, 0.15) is 6.34 Å². The Morgan fingerprint density at radius 1 is 1.12 bits per heavy atom. The first-order chi connectivity index (χ1) is 15.8. The molecule has 8 heteroatoms. The Balaban J connectivity index is 1.49. The van der Waals surface area contributed by atoms with Gasteiger partial charge in [-0.1, -0.05) is 47.1 Å². The van der Waals surface area contributed by atoms with Crippen molar-refractivity contribution in [3.05, 3.63) is 63.1 Å².